The molecule has 108 valence electrons. The van der Waals surface area contributed by atoms with Crippen molar-refractivity contribution in [1.82, 2.24) is 19.9 Å². The molecule has 2 heterocycles. The Labute approximate surface area is 125 Å². The molecule has 5 heteroatoms. The van der Waals surface area contributed by atoms with Crippen molar-refractivity contribution in [3.63, 3.8) is 0 Å². The quantitative estimate of drug-likeness (QED) is 0.852. The molecule has 1 unspecified atom stereocenters. The molecule has 0 aromatic carbocycles. The SMILES string of the molecule is CCCNC(CCc1nccn1C)c1ccc(Cl)cn1. The van der Waals surface area contributed by atoms with Crippen LogP contribution < -0.4 is 5.32 Å². The van der Waals surface area contributed by atoms with Gasteiger partial charge in [0.2, 0.25) is 0 Å². The van der Waals surface area contributed by atoms with Crippen molar-refractivity contribution < 1.29 is 0 Å². The summed E-state index contributed by atoms with van der Waals surface area (Å²) in [5.74, 6) is 1.10. The highest BCUT2D eigenvalue weighted by Crippen LogP contribution is 2.18. The van der Waals surface area contributed by atoms with Crippen LogP contribution in [0.2, 0.25) is 5.02 Å². The van der Waals surface area contributed by atoms with Gasteiger partial charge in [-0.15, -0.1) is 0 Å². The maximum absolute atomic E-state index is 5.90. The van der Waals surface area contributed by atoms with Gasteiger partial charge < -0.3 is 9.88 Å². The van der Waals surface area contributed by atoms with E-state index in [9.17, 15) is 0 Å². The van der Waals surface area contributed by atoms with Crippen molar-refractivity contribution in [3.05, 3.63) is 47.3 Å². The topological polar surface area (TPSA) is 42.7 Å². The molecule has 2 aromatic rings. The summed E-state index contributed by atoms with van der Waals surface area (Å²) in [4.78, 5) is 8.80. The van der Waals surface area contributed by atoms with E-state index in [2.05, 4.69) is 26.8 Å². The molecular formula is C15H21ClN4. The number of halogens is 1. The van der Waals surface area contributed by atoms with Gasteiger partial charge >= 0.3 is 0 Å². The van der Waals surface area contributed by atoms with Crippen LogP contribution in [0.1, 0.15) is 37.3 Å². The molecule has 0 aliphatic rings. The molecule has 4 nitrogen and oxygen atoms in total. The van der Waals surface area contributed by atoms with E-state index in [0.717, 1.165) is 37.3 Å². The fourth-order valence-corrected chi connectivity index (χ4v) is 2.29. The summed E-state index contributed by atoms with van der Waals surface area (Å²) >= 11 is 5.90. The van der Waals surface area contributed by atoms with Crippen LogP contribution in [0.3, 0.4) is 0 Å². The number of aryl methyl sites for hydroxylation is 2. The third-order valence-corrected chi connectivity index (χ3v) is 3.55. The highest BCUT2D eigenvalue weighted by molar-refractivity contribution is 6.30. The van der Waals surface area contributed by atoms with Crippen LogP contribution in [0.25, 0.3) is 0 Å². The Bertz CT molecular complexity index is 521. The predicted molar refractivity (Wildman–Crippen MR) is 81.8 cm³/mol. The van der Waals surface area contributed by atoms with E-state index in [1.54, 1.807) is 6.20 Å². The number of aromatic nitrogens is 3. The molecule has 20 heavy (non-hydrogen) atoms. The summed E-state index contributed by atoms with van der Waals surface area (Å²) in [6.45, 7) is 3.15. The van der Waals surface area contributed by atoms with Crippen LogP contribution in [-0.4, -0.2) is 21.1 Å². The molecule has 0 radical (unpaired) electrons. The van der Waals surface area contributed by atoms with Crippen LogP contribution in [0.4, 0.5) is 0 Å². The second kappa shape index (κ2) is 7.41. The summed E-state index contributed by atoms with van der Waals surface area (Å²) in [5, 5.41) is 4.22. The summed E-state index contributed by atoms with van der Waals surface area (Å²) in [6.07, 6.45) is 8.52. The third kappa shape index (κ3) is 4.05. The summed E-state index contributed by atoms with van der Waals surface area (Å²) in [6, 6.07) is 4.13. The first-order chi connectivity index (χ1) is 9.70. The molecule has 0 fully saturated rings. The Morgan fingerprint density at radius 3 is 2.80 bits per heavy atom. The lowest BCUT2D eigenvalue weighted by Gasteiger charge is -2.18. The average molecular weight is 293 g/mol. The fourth-order valence-electron chi connectivity index (χ4n) is 2.18. The van der Waals surface area contributed by atoms with E-state index >= 15 is 0 Å². The van der Waals surface area contributed by atoms with Gasteiger partial charge in [0, 0.05) is 38.1 Å². The number of hydrogen-bond donors (Lipinski definition) is 1. The van der Waals surface area contributed by atoms with Crippen LogP contribution in [0, 0.1) is 0 Å². The normalized spacial score (nSPS) is 12.6. The van der Waals surface area contributed by atoms with Crippen LogP contribution >= 0.6 is 11.6 Å². The second-order valence-corrected chi connectivity index (χ2v) is 5.34. The minimum Gasteiger partial charge on any atom is -0.338 e. The lowest BCUT2D eigenvalue weighted by molar-refractivity contribution is 0.481. The maximum Gasteiger partial charge on any atom is 0.108 e. The van der Waals surface area contributed by atoms with E-state index < -0.39 is 0 Å². The second-order valence-electron chi connectivity index (χ2n) is 4.90. The molecule has 0 aliphatic heterocycles. The fraction of sp³-hybridized carbons (Fsp3) is 0.467. The minimum absolute atomic E-state index is 0.240. The molecular weight excluding hydrogens is 272 g/mol. The van der Waals surface area contributed by atoms with E-state index in [1.807, 2.05) is 31.6 Å². The van der Waals surface area contributed by atoms with Crippen LogP contribution in [0.15, 0.2) is 30.7 Å². The maximum atomic E-state index is 5.90. The van der Waals surface area contributed by atoms with Gasteiger partial charge in [-0.25, -0.2) is 4.98 Å². The van der Waals surface area contributed by atoms with Crippen molar-refractivity contribution in [2.75, 3.05) is 6.54 Å². The van der Waals surface area contributed by atoms with Gasteiger partial charge in [-0.3, -0.25) is 4.98 Å². The molecule has 0 amide bonds. The largest absolute Gasteiger partial charge is 0.338 e. The molecule has 2 rings (SSSR count). The van der Waals surface area contributed by atoms with Gasteiger partial charge in [0.05, 0.1) is 10.7 Å². The van der Waals surface area contributed by atoms with Crippen molar-refractivity contribution in [1.29, 1.82) is 0 Å². The first-order valence-electron chi connectivity index (χ1n) is 7.01. The first kappa shape index (κ1) is 15.0. The van der Waals surface area contributed by atoms with Crippen molar-refractivity contribution >= 4 is 11.6 Å². The van der Waals surface area contributed by atoms with Gasteiger partial charge in [-0.05, 0) is 31.5 Å². The molecule has 0 aliphatic carbocycles. The highest BCUT2D eigenvalue weighted by atomic mass is 35.5. The third-order valence-electron chi connectivity index (χ3n) is 3.33. The molecule has 2 aromatic heterocycles. The standard InChI is InChI=1S/C15H21ClN4/c1-3-8-17-13(14-5-4-12(16)11-19-14)6-7-15-18-9-10-20(15)2/h4-5,9-11,13,17H,3,6-8H2,1-2H3. The Balaban J connectivity index is 2.03. The van der Waals surface area contributed by atoms with Crippen LogP contribution in [-0.2, 0) is 13.5 Å². The lowest BCUT2D eigenvalue weighted by atomic mass is 10.1. The van der Waals surface area contributed by atoms with E-state index in [0.29, 0.717) is 5.02 Å². The van der Waals surface area contributed by atoms with Crippen LogP contribution in [0.5, 0.6) is 0 Å². The number of hydrogen-bond acceptors (Lipinski definition) is 3. The van der Waals surface area contributed by atoms with E-state index in [-0.39, 0.29) is 6.04 Å². The predicted octanol–water partition coefficient (Wildman–Crippen LogP) is 3.14. The average Bonchev–Trinajstić information content (AvgIpc) is 2.86. The number of nitrogens with one attached hydrogen (secondary N) is 1. The Morgan fingerprint density at radius 1 is 1.35 bits per heavy atom. The Hall–Kier alpha value is -1.39. The number of pyridine rings is 1. The van der Waals surface area contributed by atoms with Crippen molar-refractivity contribution in [3.8, 4) is 0 Å². The molecule has 0 saturated heterocycles. The lowest BCUT2D eigenvalue weighted by Crippen LogP contribution is -2.24. The van der Waals surface area contributed by atoms with E-state index in [4.69, 9.17) is 11.6 Å². The van der Waals surface area contributed by atoms with Gasteiger partial charge in [0.25, 0.3) is 0 Å². The van der Waals surface area contributed by atoms with Gasteiger partial charge in [-0.2, -0.15) is 0 Å². The molecule has 0 saturated carbocycles. The molecule has 0 spiro atoms. The van der Waals surface area contributed by atoms with Crippen molar-refractivity contribution in [2.45, 2.75) is 32.2 Å². The summed E-state index contributed by atoms with van der Waals surface area (Å²) in [5.41, 5.74) is 1.04. The number of imidazole rings is 1. The first-order valence-corrected chi connectivity index (χ1v) is 7.39. The summed E-state index contributed by atoms with van der Waals surface area (Å²) in [7, 11) is 2.03. The highest BCUT2D eigenvalue weighted by Gasteiger charge is 2.13. The summed E-state index contributed by atoms with van der Waals surface area (Å²) < 4.78 is 2.06. The molecule has 1 N–H and O–H groups in total. The zero-order chi connectivity index (χ0) is 14.4. The van der Waals surface area contributed by atoms with Gasteiger partial charge in [-0.1, -0.05) is 18.5 Å². The minimum atomic E-state index is 0.240. The molecule has 1 atom stereocenters. The monoisotopic (exact) mass is 292 g/mol. The van der Waals surface area contributed by atoms with Crippen molar-refractivity contribution in [2.24, 2.45) is 7.05 Å². The van der Waals surface area contributed by atoms with E-state index in [1.165, 1.54) is 0 Å². The number of nitrogens with zero attached hydrogens (tertiary/aromatic N) is 3. The Morgan fingerprint density at radius 2 is 2.20 bits per heavy atom. The zero-order valence-corrected chi connectivity index (χ0v) is 12.8. The smallest absolute Gasteiger partial charge is 0.108 e. The number of rotatable bonds is 7. The molecule has 0 bridgehead atoms. The zero-order valence-electron chi connectivity index (χ0n) is 12.0. The Kier molecular flexibility index (Phi) is 5.56. The van der Waals surface area contributed by atoms with Gasteiger partial charge in [0.15, 0.2) is 0 Å². The van der Waals surface area contributed by atoms with Gasteiger partial charge in [0.1, 0.15) is 5.82 Å².